The van der Waals surface area contributed by atoms with Crippen LogP contribution in [0.25, 0.3) is 0 Å². The fourth-order valence-electron chi connectivity index (χ4n) is 10.2. The second kappa shape index (κ2) is 6.88. The number of carbonyl (C=O) groups is 2. The fourth-order valence-corrected chi connectivity index (χ4v) is 10.2. The lowest BCUT2D eigenvalue weighted by Gasteiger charge is -2.59. The molecule has 6 rings (SSSR count). The Morgan fingerprint density at radius 1 is 0.903 bits per heavy atom. The molecule has 0 aromatic carbocycles. The van der Waals surface area contributed by atoms with E-state index in [2.05, 4.69) is 25.7 Å². The number of nitrogens with zero attached hydrogens (tertiary/aromatic N) is 1. The van der Waals surface area contributed by atoms with Gasteiger partial charge in [0.15, 0.2) is 0 Å². The first-order chi connectivity index (χ1) is 14.7. The Hall–Kier alpha value is -0.740. The number of carbonyl (C=O) groups excluding carboxylic acids is 2. The number of fused-ring (bicyclic) bond motifs is 8. The minimum absolute atomic E-state index is 0.0206. The highest BCUT2D eigenvalue weighted by Crippen LogP contribution is 2.66. The van der Waals surface area contributed by atoms with Crippen LogP contribution in [-0.4, -0.2) is 46.3 Å². The van der Waals surface area contributed by atoms with Gasteiger partial charge in [0.25, 0.3) is 0 Å². The quantitative estimate of drug-likeness (QED) is 0.632. The van der Waals surface area contributed by atoms with Crippen LogP contribution in [0.5, 0.6) is 0 Å². The molecule has 2 heterocycles. The Bertz CT molecular complexity index is 791. The van der Waals surface area contributed by atoms with E-state index in [0.29, 0.717) is 66.0 Å². The van der Waals surface area contributed by atoms with Crippen molar-refractivity contribution in [2.45, 2.75) is 90.2 Å². The molecule has 2 aliphatic heterocycles. The van der Waals surface area contributed by atoms with Crippen molar-refractivity contribution in [3.8, 4) is 0 Å². The average molecular weight is 428 g/mol. The Labute approximate surface area is 187 Å². The Morgan fingerprint density at radius 2 is 1.71 bits per heavy atom. The number of aliphatic hydroxyl groups is 1. The Kier molecular flexibility index (Phi) is 4.63. The molecule has 0 bridgehead atoms. The predicted molar refractivity (Wildman–Crippen MR) is 119 cm³/mol. The van der Waals surface area contributed by atoms with E-state index in [9.17, 15) is 14.7 Å². The molecule has 4 aliphatic carbocycles. The van der Waals surface area contributed by atoms with Crippen LogP contribution in [0.4, 0.5) is 0 Å². The van der Waals surface area contributed by atoms with Gasteiger partial charge in [-0.1, -0.05) is 13.8 Å². The summed E-state index contributed by atoms with van der Waals surface area (Å²) in [5, 5.41) is 11.8. The van der Waals surface area contributed by atoms with Crippen molar-refractivity contribution in [3.05, 3.63) is 0 Å². The molecular weight excluding hydrogens is 386 g/mol. The second-order valence-corrected chi connectivity index (χ2v) is 13.0. The zero-order valence-corrected chi connectivity index (χ0v) is 19.7. The summed E-state index contributed by atoms with van der Waals surface area (Å²) in [6.45, 7) is 9.15. The van der Waals surface area contributed by atoms with Crippen molar-refractivity contribution >= 4 is 11.6 Å². The summed E-state index contributed by atoms with van der Waals surface area (Å²) >= 11 is 0. The first-order valence-electron chi connectivity index (χ1n) is 13.2. The third-order valence-electron chi connectivity index (χ3n) is 11.7. The normalized spacial score (nSPS) is 56.8. The minimum Gasteiger partial charge on any atom is -0.388 e. The Balaban J connectivity index is 1.31. The van der Waals surface area contributed by atoms with Crippen molar-refractivity contribution in [2.24, 2.45) is 52.8 Å². The zero-order chi connectivity index (χ0) is 21.7. The van der Waals surface area contributed by atoms with Crippen molar-refractivity contribution < 1.29 is 14.7 Å². The SMILES string of the molecule is C[C@H]1CC[C@@H]2N(C1)C[C@H]1[C@@H]3C[C@H]4[C@@H](CC(=O)[C@H]5CC(=O)CC[C@@]54C)[C@@H]3CC[C@H]1[C@]2(C)O. The highest BCUT2D eigenvalue weighted by molar-refractivity contribution is 5.90. The molecule has 0 radical (unpaired) electrons. The van der Waals surface area contributed by atoms with Gasteiger partial charge in [0.05, 0.1) is 5.60 Å². The van der Waals surface area contributed by atoms with E-state index in [-0.39, 0.29) is 11.3 Å². The van der Waals surface area contributed by atoms with Crippen LogP contribution in [0.3, 0.4) is 0 Å². The summed E-state index contributed by atoms with van der Waals surface area (Å²) in [5.41, 5.74) is -0.554. The third kappa shape index (κ3) is 2.86. The molecule has 4 saturated carbocycles. The molecule has 4 heteroatoms. The van der Waals surface area contributed by atoms with Crippen molar-refractivity contribution in [1.29, 1.82) is 0 Å². The zero-order valence-electron chi connectivity index (χ0n) is 19.7. The minimum atomic E-state index is -0.582. The maximum absolute atomic E-state index is 13.2. The van der Waals surface area contributed by atoms with Crippen molar-refractivity contribution in [3.63, 3.8) is 0 Å². The van der Waals surface area contributed by atoms with E-state index < -0.39 is 5.60 Å². The van der Waals surface area contributed by atoms with Gasteiger partial charge >= 0.3 is 0 Å². The molecule has 31 heavy (non-hydrogen) atoms. The van der Waals surface area contributed by atoms with E-state index in [4.69, 9.17) is 0 Å². The molecule has 0 amide bonds. The van der Waals surface area contributed by atoms with E-state index >= 15 is 0 Å². The van der Waals surface area contributed by atoms with E-state index in [1.807, 2.05) is 0 Å². The van der Waals surface area contributed by atoms with Crippen LogP contribution in [0.15, 0.2) is 0 Å². The summed E-state index contributed by atoms with van der Waals surface area (Å²) in [7, 11) is 0. The van der Waals surface area contributed by atoms with E-state index in [1.165, 1.54) is 19.3 Å². The predicted octanol–water partition coefficient (Wildman–Crippen LogP) is 4.09. The highest BCUT2D eigenvalue weighted by Gasteiger charge is 2.64. The fraction of sp³-hybridized carbons (Fsp3) is 0.926. The van der Waals surface area contributed by atoms with Crippen molar-refractivity contribution in [2.75, 3.05) is 13.1 Å². The van der Waals surface area contributed by atoms with E-state index in [1.54, 1.807) is 0 Å². The summed E-state index contributed by atoms with van der Waals surface area (Å²) in [6, 6.07) is 0.331. The smallest absolute Gasteiger partial charge is 0.137 e. The molecule has 11 atom stereocenters. The molecule has 4 nitrogen and oxygen atoms in total. The molecule has 6 aliphatic rings. The van der Waals surface area contributed by atoms with Crippen LogP contribution in [-0.2, 0) is 9.59 Å². The van der Waals surface area contributed by atoms with Gasteiger partial charge in [0.1, 0.15) is 11.6 Å². The van der Waals surface area contributed by atoms with Crippen LogP contribution in [0.2, 0.25) is 0 Å². The molecule has 0 aromatic rings. The maximum Gasteiger partial charge on any atom is 0.137 e. The standard InChI is InChI=1S/C27H41NO3/c1-15-4-7-25-27(3,31)21-6-5-17-18(20(21)14-28(25)13-15)11-22-19(17)12-24(30)23-10-16(29)8-9-26(22,23)2/h15,17-23,25,31H,4-14H2,1-3H3/t15-,17+,18+,19-,20-,21+,22-,23+,25-,26+,27-/m0/s1. The van der Waals surface area contributed by atoms with Gasteiger partial charge in [-0.25, -0.2) is 0 Å². The summed E-state index contributed by atoms with van der Waals surface area (Å²) in [4.78, 5) is 28.0. The van der Waals surface area contributed by atoms with Crippen molar-refractivity contribution in [1.82, 2.24) is 4.90 Å². The van der Waals surface area contributed by atoms with Gasteiger partial charge in [-0.15, -0.1) is 0 Å². The number of piperidine rings is 2. The highest BCUT2D eigenvalue weighted by atomic mass is 16.3. The summed E-state index contributed by atoms with van der Waals surface area (Å²) in [5.74, 6) is 4.81. The summed E-state index contributed by atoms with van der Waals surface area (Å²) in [6.07, 6.45) is 8.75. The van der Waals surface area contributed by atoms with Crippen LogP contribution >= 0.6 is 0 Å². The van der Waals surface area contributed by atoms with Gasteiger partial charge in [-0.05, 0) is 92.3 Å². The molecule has 0 spiro atoms. The first kappa shape index (κ1) is 20.8. The van der Waals surface area contributed by atoms with Gasteiger partial charge in [-0.2, -0.15) is 0 Å². The molecule has 1 N–H and O–H groups in total. The topological polar surface area (TPSA) is 57.6 Å². The first-order valence-corrected chi connectivity index (χ1v) is 13.2. The second-order valence-electron chi connectivity index (χ2n) is 13.0. The van der Waals surface area contributed by atoms with Gasteiger partial charge in [-0.3, -0.25) is 14.5 Å². The maximum atomic E-state index is 13.2. The van der Waals surface area contributed by atoms with Gasteiger partial charge in [0.2, 0.25) is 0 Å². The average Bonchev–Trinajstić information content (AvgIpc) is 3.09. The molecule has 0 unspecified atom stereocenters. The lowest BCUT2D eigenvalue weighted by Crippen LogP contribution is -2.67. The molecular formula is C27H41NO3. The number of Topliss-reactive ketones (excluding diaryl/α,β-unsaturated/α-hetero) is 2. The monoisotopic (exact) mass is 427 g/mol. The molecule has 6 fully saturated rings. The Morgan fingerprint density at radius 3 is 2.52 bits per heavy atom. The van der Waals surface area contributed by atoms with Crippen LogP contribution in [0.1, 0.15) is 78.6 Å². The van der Waals surface area contributed by atoms with Crippen LogP contribution < -0.4 is 0 Å². The lowest BCUT2D eigenvalue weighted by atomic mass is 9.52. The number of hydrogen-bond donors (Lipinski definition) is 1. The molecule has 0 aromatic heterocycles. The number of hydrogen-bond acceptors (Lipinski definition) is 4. The number of rotatable bonds is 0. The molecule has 172 valence electrons. The molecule has 2 saturated heterocycles. The lowest BCUT2D eigenvalue weighted by molar-refractivity contribution is -0.175. The number of ketones is 2. The van der Waals surface area contributed by atoms with Crippen LogP contribution in [0, 0.1) is 52.8 Å². The van der Waals surface area contributed by atoms with Gasteiger partial charge < -0.3 is 5.11 Å². The van der Waals surface area contributed by atoms with E-state index in [0.717, 1.165) is 44.7 Å². The largest absolute Gasteiger partial charge is 0.388 e. The van der Waals surface area contributed by atoms with Gasteiger partial charge in [0, 0.05) is 44.3 Å². The third-order valence-corrected chi connectivity index (χ3v) is 11.7. The summed E-state index contributed by atoms with van der Waals surface area (Å²) < 4.78 is 0.